The zero-order chi connectivity index (χ0) is 13.8. The lowest BCUT2D eigenvalue weighted by molar-refractivity contribution is -0.131. The molecule has 3 heterocycles. The quantitative estimate of drug-likeness (QED) is 0.870. The lowest BCUT2D eigenvalue weighted by Gasteiger charge is -2.20. The summed E-state index contributed by atoms with van der Waals surface area (Å²) in [5.41, 5.74) is 0. The van der Waals surface area contributed by atoms with Gasteiger partial charge in [-0.25, -0.2) is 0 Å². The first-order valence-corrected chi connectivity index (χ1v) is 7.78. The smallest absolute Gasteiger partial charge is 0.244 e. The van der Waals surface area contributed by atoms with Crippen molar-refractivity contribution in [1.29, 1.82) is 0 Å². The van der Waals surface area contributed by atoms with E-state index in [0.717, 1.165) is 31.0 Å². The fourth-order valence-electron chi connectivity index (χ4n) is 2.35. The number of thioether (sulfide) groups is 1. The summed E-state index contributed by atoms with van der Waals surface area (Å²) in [6, 6.07) is 5.76. The summed E-state index contributed by atoms with van der Waals surface area (Å²) in [4.78, 5) is 14.2. The Morgan fingerprint density at radius 2 is 2.40 bits per heavy atom. The van der Waals surface area contributed by atoms with Gasteiger partial charge in [-0.1, -0.05) is 0 Å². The minimum Gasteiger partial charge on any atom is -0.468 e. The Morgan fingerprint density at radius 1 is 1.45 bits per heavy atom. The van der Waals surface area contributed by atoms with Crippen molar-refractivity contribution in [2.45, 2.75) is 18.2 Å². The summed E-state index contributed by atoms with van der Waals surface area (Å²) in [6.07, 6.45) is 6.15. The molecule has 0 bridgehead atoms. The molecule has 0 aliphatic carbocycles. The van der Waals surface area contributed by atoms with Crippen LogP contribution in [0, 0.1) is 0 Å². The minimum absolute atomic E-state index is 0.134. The Hall–Kier alpha value is -1.69. The van der Waals surface area contributed by atoms with E-state index < -0.39 is 0 Å². The van der Waals surface area contributed by atoms with Crippen LogP contribution in [-0.4, -0.2) is 39.4 Å². The summed E-state index contributed by atoms with van der Waals surface area (Å²) >= 11 is 1.86. The van der Waals surface area contributed by atoms with Crippen LogP contribution in [0.3, 0.4) is 0 Å². The number of aromatic nitrogens is 2. The van der Waals surface area contributed by atoms with Crippen LogP contribution in [0.1, 0.15) is 17.4 Å². The molecule has 0 aromatic carbocycles. The summed E-state index contributed by atoms with van der Waals surface area (Å²) < 4.78 is 7.14. The SMILES string of the molecule is O=C(Cn1cccn1)N1CCSC(c2ccco2)CC1. The van der Waals surface area contributed by atoms with Gasteiger partial charge in [0, 0.05) is 31.2 Å². The molecule has 0 radical (unpaired) electrons. The number of carbonyl (C=O) groups is 1. The largest absolute Gasteiger partial charge is 0.468 e. The van der Waals surface area contributed by atoms with Crippen molar-refractivity contribution in [3.8, 4) is 0 Å². The maximum atomic E-state index is 12.2. The van der Waals surface area contributed by atoms with Gasteiger partial charge in [-0.15, -0.1) is 11.8 Å². The first-order chi connectivity index (χ1) is 9.83. The van der Waals surface area contributed by atoms with Crippen molar-refractivity contribution in [1.82, 2.24) is 14.7 Å². The predicted octanol–water partition coefficient (Wildman–Crippen LogP) is 2.18. The molecule has 1 atom stereocenters. The molecule has 0 saturated carbocycles. The van der Waals surface area contributed by atoms with Crippen molar-refractivity contribution in [2.24, 2.45) is 0 Å². The number of carbonyl (C=O) groups excluding carboxylic acids is 1. The molecule has 1 unspecified atom stereocenters. The highest BCUT2D eigenvalue weighted by Gasteiger charge is 2.23. The normalized spacial score (nSPS) is 19.8. The summed E-state index contributed by atoms with van der Waals surface area (Å²) in [6.45, 7) is 1.89. The first-order valence-electron chi connectivity index (χ1n) is 6.73. The van der Waals surface area contributed by atoms with Gasteiger partial charge in [0.25, 0.3) is 0 Å². The van der Waals surface area contributed by atoms with Gasteiger partial charge in [-0.2, -0.15) is 5.10 Å². The number of hydrogen-bond acceptors (Lipinski definition) is 4. The topological polar surface area (TPSA) is 51.3 Å². The summed E-state index contributed by atoms with van der Waals surface area (Å²) in [7, 11) is 0. The van der Waals surface area contributed by atoms with E-state index >= 15 is 0 Å². The molecule has 6 heteroatoms. The number of furan rings is 1. The van der Waals surface area contributed by atoms with Crippen molar-refractivity contribution in [3.63, 3.8) is 0 Å². The van der Waals surface area contributed by atoms with Crippen LogP contribution in [0.15, 0.2) is 41.3 Å². The average molecular weight is 291 g/mol. The average Bonchev–Trinajstić information content (AvgIpc) is 3.09. The van der Waals surface area contributed by atoms with E-state index in [1.54, 1.807) is 17.1 Å². The second kappa shape index (κ2) is 6.17. The highest BCUT2D eigenvalue weighted by Crippen LogP contribution is 2.34. The predicted molar refractivity (Wildman–Crippen MR) is 77.3 cm³/mol. The molecule has 20 heavy (non-hydrogen) atoms. The molecule has 1 aliphatic heterocycles. The van der Waals surface area contributed by atoms with Crippen LogP contribution in [0.2, 0.25) is 0 Å². The van der Waals surface area contributed by atoms with Gasteiger partial charge in [0.2, 0.25) is 5.91 Å². The maximum absolute atomic E-state index is 12.2. The molecule has 0 N–H and O–H groups in total. The number of nitrogens with zero attached hydrogens (tertiary/aromatic N) is 3. The zero-order valence-corrected chi connectivity index (χ0v) is 12.0. The molecular weight excluding hydrogens is 274 g/mol. The fourth-order valence-corrected chi connectivity index (χ4v) is 3.53. The van der Waals surface area contributed by atoms with Crippen molar-refractivity contribution >= 4 is 17.7 Å². The van der Waals surface area contributed by atoms with Gasteiger partial charge in [-0.05, 0) is 24.6 Å². The number of rotatable bonds is 3. The van der Waals surface area contributed by atoms with Crippen LogP contribution in [-0.2, 0) is 11.3 Å². The van der Waals surface area contributed by atoms with Gasteiger partial charge in [-0.3, -0.25) is 9.48 Å². The van der Waals surface area contributed by atoms with Gasteiger partial charge < -0.3 is 9.32 Å². The van der Waals surface area contributed by atoms with E-state index in [-0.39, 0.29) is 5.91 Å². The Morgan fingerprint density at radius 3 is 3.15 bits per heavy atom. The van der Waals surface area contributed by atoms with E-state index in [1.807, 2.05) is 41.1 Å². The second-order valence-electron chi connectivity index (χ2n) is 4.75. The van der Waals surface area contributed by atoms with E-state index in [0.29, 0.717) is 11.8 Å². The van der Waals surface area contributed by atoms with Crippen molar-refractivity contribution in [3.05, 3.63) is 42.6 Å². The standard InChI is InChI=1S/C14H17N3O2S/c18-14(11-17-6-2-5-15-17)16-7-4-13(20-10-8-16)12-3-1-9-19-12/h1-3,5-6,9,13H,4,7-8,10-11H2. The molecule has 2 aromatic heterocycles. The molecule has 1 amide bonds. The maximum Gasteiger partial charge on any atom is 0.244 e. The van der Waals surface area contributed by atoms with Gasteiger partial charge >= 0.3 is 0 Å². The lowest BCUT2D eigenvalue weighted by Crippen LogP contribution is -2.35. The molecule has 0 spiro atoms. The highest BCUT2D eigenvalue weighted by atomic mass is 32.2. The number of amides is 1. The van der Waals surface area contributed by atoms with Crippen molar-refractivity contribution in [2.75, 3.05) is 18.8 Å². The third kappa shape index (κ3) is 3.07. The van der Waals surface area contributed by atoms with E-state index in [1.165, 1.54) is 0 Å². The lowest BCUT2D eigenvalue weighted by atomic mass is 10.2. The highest BCUT2D eigenvalue weighted by molar-refractivity contribution is 7.99. The summed E-state index contributed by atoms with van der Waals surface area (Å²) in [5, 5.41) is 4.43. The van der Waals surface area contributed by atoms with Crippen LogP contribution < -0.4 is 0 Å². The van der Waals surface area contributed by atoms with Crippen LogP contribution >= 0.6 is 11.8 Å². The number of hydrogen-bond donors (Lipinski definition) is 0. The van der Waals surface area contributed by atoms with Gasteiger partial charge in [0.05, 0.1) is 11.5 Å². The first kappa shape index (κ1) is 13.3. The Kier molecular flexibility index (Phi) is 4.11. The second-order valence-corrected chi connectivity index (χ2v) is 6.06. The fraction of sp³-hybridized carbons (Fsp3) is 0.429. The van der Waals surface area contributed by atoms with Crippen LogP contribution in [0.5, 0.6) is 0 Å². The molecule has 1 fully saturated rings. The molecule has 106 valence electrons. The Bertz CT molecular complexity index is 539. The van der Waals surface area contributed by atoms with Crippen molar-refractivity contribution < 1.29 is 9.21 Å². The Balaban J connectivity index is 1.58. The van der Waals surface area contributed by atoms with Gasteiger partial charge in [0.1, 0.15) is 12.3 Å². The molecule has 5 nitrogen and oxygen atoms in total. The molecular formula is C14H17N3O2S. The molecule has 2 aromatic rings. The van der Waals surface area contributed by atoms with E-state index in [9.17, 15) is 4.79 Å². The monoisotopic (exact) mass is 291 g/mol. The molecule has 3 rings (SSSR count). The Labute approximate surface area is 121 Å². The minimum atomic E-state index is 0.134. The molecule has 1 aliphatic rings. The van der Waals surface area contributed by atoms with Crippen LogP contribution in [0.25, 0.3) is 0 Å². The van der Waals surface area contributed by atoms with Crippen LogP contribution in [0.4, 0.5) is 0 Å². The van der Waals surface area contributed by atoms with E-state index in [4.69, 9.17) is 4.42 Å². The molecule has 1 saturated heterocycles. The third-order valence-corrected chi connectivity index (χ3v) is 4.70. The third-order valence-electron chi connectivity index (χ3n) is 3.41. The van der Waals surface area contributed by atoms with E-state index in [2.05, 4.69) is 5.10 Å². The summed E-state index contributed by atoms with van der Waals surface area (Å²) in [5.74, 6) is 2.08. The van der Waals surface area contributed by atoms with Gasteiger partial charge in [0.15, 0.2) is 0 Å². The zero-order valence-electron chi connectivity index (χ0n) is 11.1.